The lowest BCUT2D eigenvalue weighted by Crippen LogP contribution is -2.37. The molecule has 2 saturated heterocycles. The van der Waals surface area contributed by atoms with E-state index in [2.05, 4.69) is 21.2 Å². The first-order valence-electron chi connectivity index (χ1n) is 8.77. The molecule has 2 aliphatic rings. The van der Waals surface area contributed by atoms with Crippen LogP contribution in [0.4, 0.5) is 11.4 Å². The average Bonchev–Trinajstić information content (AvgIpc) is 2.62. The molecule has 2 heterocycles. The highest BCUT2D eigenvalue weighted by molar-refractivity contribution is 5.94. The Kier molecular flexibility index (Phi) is 5.88. The molecule has 1 aromatic carbocycles. The van der Waals surface area contributed by atoms with Crippen molar-refractivity contribution in [2.24, 2.45) is 0 Å². The van der Waals surface area contributed by atoms with Crippen LogP contribution in [0.25, 0.3) is 0 Å². The molecule has 2 fully saturated rings. The van der Waals surface area contributed by atoms with Crippen LogP contribution >= 0.6 is 0 Å². The van der Waals surface area contributed by atoms with Gasteiger partial charge in [0.1, 0.15) is 0 Å². The summed E-state index contributed by atoms with van der Waals surface area (Å²) < 4.78 is 5.41. The lowest BCUT2D eigenvalue weighted by atomic mass is 10.1. The molecule has 1 N–H and O–H groups in total. The average molecular weight is 317 g/mol. The number of carbonyl (C=O) groups is 1. The van der Waals surface area contributed by atoms with E-state index in [1.165, 1.54) is 19.3 Å². The van der Waals surface area contributed by atoms with Crippen LogP contribution in [-0.2, 0) is 9.53 Å². The van der Waals surface area contributed by atoms with E-state index >= 15 is 0 Å². The van der Waals surface area contributed by atoms with E-state index in [4.69, 9.17) is 4.74 Å². The highest BCUT2D eigenvalue weighted by Gasteiger charge is 2.16. The minimum atomic E-state index is 0.108. The molecule has 5 heteroatoms. The second-order valence-corrected chi connectivity index (χ2v) is 6.32. The van der Waals surface area contributed by atoms with Gasteiger partial charge < -0.3 is 19.9 Å². The Hall–Kier alpha value is -1.59. The van der Waals surface area contributed by atoms with Crippen molar-refractivity contribution < 1.29 is 9.53 Å². The summed E-state index contributed by atoms with van der Waals surface area (Å²) in [5, 5.41) is 3.10. The van der Waals surface area contributed by atoms with Crippen LogP contribution in [-0.4, -0.2) is 56.7 Å². The first kappa shape index (κ1) is 16.3. The van der Waals surface area contributed by atoms with E-state index in [1.54, 1.807) is 0 Å². The van der Waals surface area contributed by atoms with E-state index in [0.717, 1.165) is 57.3 Å². The smallest absolute Gasteiger partial charge is 0.225 e. The van der Waals surface area contributed by atoms with Gasteiger partial charge in [-0.05, 0) is 38.1 Å². The number of carbonyl (C=O) groups excluding carboxylic acids is 1. The maximum absolute atomic E-state index is 12.3. The van der Waals surface area contributed by atoms with Gasteiger partial charge in [-0.25, -0.2) is 0 Å². The number of morpholine rings is 1. The highest BCUT2D eigenvalue weighted by atomic mass is 16.5. The molecular weight excluding hydrogens is 290 g/mol. The first-order chi connectivity index (χ1) is 11.3. The lowest BCUT2D eigenvalue weighted by molar-refractivity contribution is -0.116. The SMILES string of the molecule is O=C(CCN1CCCCC1)Nc1ccccc1N1CCOCC1. The van der Waals surface area contributed by atoms with Gasteiger partial charge in [-0.1, -0.05) is 18.6 Å². The lowest BCUT2D eigenvalue weighted by Gasteiger charge is -2.30. The summed E-state index contributed by atoms with van der Waals surface area (Å²) in [6.45, 7) is 6.39. The molecular formula is C18H27N3O2. The number of nitrogens with zero attached hydrogens (tertiary/aromatic N) is 2. The van der Waals surface area contributed by atoms with Gasteiger partial charge in [0.25, 0.3) is 0 Å². The van der Waals surface area contributed by atoms with Crippen LogP contribution in [0.3, 0.4) is 0 Å². The largest absolute Gasteiger partial charge is 0.378 e. The molecule has 0 saturated carbocycles. The van der Waals surface area contributed by atoms with E-state index in [1.807, 2.05) is 18.2 Å². The number of likely N-dealkylation sites (tertiary alicyclic amines) is 1. The number of hydrogen-bond donors (Lipinski definition) is 1. The molecule has 0 bridgehead atoms. The van der Waals surface area contributed by atoms with Crippen LogP contribution in [0.2, 0.25) is 0 Å². The summed E-state index contributed by atoms with van der Waals surface area (Å²) in [6, 6.07) is 8.06. The standard InChI is InChI=1S/C18H27N3O2/c22-18(8-11-20-9-4-1-5-10-20)19-16-6-2-3-7-17(16)21-12-14-23-15-13-21/h2-3,6-7H,1,4-5,8-15H2,(H,19,22). The molecule has 1 aromatic rings. The van der Waals surface area contributed by atoms with Crippen molar-refractivity contribution >= 4 is 17.3 Å². The van der Waals surface area contributed by atoms with E-state index in [-0.39, 0.29) is 5.91 Å². The van der Waals surface area contributed by atoms with E-state index in [9.17, 15) is 4.79 Å². The van der Waals surface area contributed by atoms with Crippen molar-refractivity contribution in [3.8, 4) is 0 Å². The van der Waals surface area contributed by atoms with Crippen LogP contribution in [0.5, 0.6) is 0 Å². The molecule has 3 rings (SSSR count). The van der Waals surface area contributed by atoms with Crippen molar-refractivity contribution in [1.82, 2.24) is 4.90 Å². The number of nitrogens with one attached hydrogen (secondary N) is 1. The number of para-hydroxylation sites is 2. The maximum atomic E-state index is 12.3. The van der Waals surface area contributed by atoms with Crippen LogP contribution in [0, 0.1) is 0 Å². The number of ether oxygens (including phenoxy) is 1. The first-order valence-corrected chi connectivity index (χ1v) is 8.77. The molecule has 0 radical (unpaired) electrons. The predicted octanol–water partition coefficient (Wildman–Crippen LogP) is 2.34. The number of hydrogen-bond acceptors (Lipinski definition) is 4. The Labute approximate surface area is 138 Å². The third-order valence-corrected chi connectivity index (χ3v) is 4.63. The fourth-order valence-electron chi connectivity index (χ4n) is 3.31. The number of amides is 1. The van der Waals surface area contributed by atoms with Gasteiger partial charge in [0, 0.05) is 26.1 Å². The molecule has 126 valence electrons. The molecule has 0 unspecified atom stereocenters. The van der Waals surface area contributed by atoms with Gasteiger partial charge in [-0.15, -0.1) is 0 Å². The Balaban J connectivity index is 1.55. The fraction of sp³-hybridized carbons (Fsp3) is 0.611. The van der Waals surface area contributed by atoms with Crippen molar-refractivity contribution in [3.05, 3.63) is 24.3 Å². The zero-order valence-electron chi connectivity index (χ0n) is 13.8. The third-order valence-electron chi connectivity index (χ3n) is 4.63. The number of piperidine rings is 1. The Morgan fingerprint density at radius 3 is 2.57 bits per heavy atom. The van der Waals surface area contributed by atoms with Crippen molar-refractivity contribution in [2.45, 2.75) is 25.7 Å². The van der Waals surface area contributed by atoms with Gasteiger partial charge in [-0.2, -0.15) is 0 Å². The molecule has 0 aliphatic carbocycles. The highest BCUT2D eigenvalue weighted by Crippen LogP contribution is 2.26. The Morgan fingerprint density at radius 1 is 1.04 bits per heavy atom. The predicted molar refractivity (Wildman–Crippen MR) is 93.0 cm³/mol. The molecule has 23 heavy (non-hydrogen) atoms. The zero-order valence-corrected chi connectivity index (χ0v) is 13.8. The van der Waals surface area contributed by atoms with Gasteiger partial charge in [0.2, 0.25) is 5.91 Å². The third kappa shape index (κ3) is 4.69. The minimum Gasteiger partial charge on any atom is -0.378 e. The van der Waals surface area contributed by atoms with E-state index < -0.39 is 0 Å². The topological polar surface area (TPSA) is 44.8 Å². The summed E-state index contributed by atoms with van der Waals surface area (Å²) in [5.41, 5.74) is 2.01. The minimum absolute atomic E-state index is 0.108. The molecule has 0 atom stereocenters. The van der Waals surface area contributed by atoms with E-state index in [0.29, 0.717) is 6.42 Å². The van der Waals surface area contributed by atoms with Crippen molar-refractivity contribution in [2.75, 3.05) is 56.2 Å². The van der Waals surface area contributed by atoms with Crippen LogP contribution < -0.4 is 10.2 Å². The quantitative estimate of drug-likeness (QED) is 0.905. The second-order valence-electron chi connectivity index (χ2n) is 6.32. The molecule has 1 amide bonds. The second kappa shape index (κ2) is 8.31. The zero-order chi connectivity index (χ0) is 15.9. The molecule has 2 aliphatic heterocycles. The van der Waals surface area contributed by atoms with Crippen LogP contribution in [0.15, 0.2) is 24.3 Å². The number of anilines is 2. The Bertz CT molecular complexity index is 509. The molecule has 0 spiro atoms. The van der Waals surface area contributed by atoms with Gasteiger partial charge in [0.15, 0.2) is 0 Å². The maximum Gasteiger partial charge on any atom is 0.225 e. The number of benzene rings is 1. The normalized spacial score (nSPS) is 19.6. The van der Waals surface area contributed by atoms with Gasteiger partial charge in [0.05, 0.1) is 24.6 Å². The summed E-state index contributed by atoms with van der Waals surface area (Å²) in [6.07, 6.45) is 4.43. The summed E-state index contributed by atoms with van der Waals surface area (Å²) in [5.74, 6) is 0.108. The van der Waals surface area contributed by atoms with Crippen molar-refractivity contribution in [3.63, 3.8) is 0 Å². The monoisotopic (exact) mass is 317 g/mol. The van der Waals surface area contributed by atoms with Crippen LogP contribution in [0.1, 0.15) is 25.7 Å². The van der Waals surface area contributed by atoms with Gasteiger partial charge in [-0.3, -0.25) is 4.79 Å². The summed E-state index contributed by atoms with van der Waals surface area (Å²) >= 11 is 0. The Morgan fingerprint density at radius 2 is 1.78 bits per heavy atom. The van der Waals surface area contributed by atoms with Gasteiger partial charge >= 0.3 is 0 Å². The fourth-order valence-corrected chi connectivity index (χ4v) is 3.31. The molecule has 0 aromatic heterocycles. The summed E-state index contributed by atoms with van der Waals surface area (Å²) in [4.78, 5) is 17.0. The molecule has 5 nitrogen and oxygen atoms in total. The summed E-state index contributed by atoms with van der Waals surface area (Å²) in [7, 11) is 0. The number of rotatable bonds is 5. The van der Waals surface area contributed by atoms with Crippen molar-refractivity contribution in [1.29, 1.82) is 0 Å².